The molecule has 0 fully saturated rings. The second-order valence-electron chi connectivity index (χ2n) is 5.75. The first kappa shape index (κ1) is 14.2. The van der Waals surface area contributed by atoms with Crippen molar-refractivity contribution < 1.29 is 4.74 Å². The normalized spacial score (nSPS) is 11.4. The number of hydrogen-bond acceptors (Lipinski definition) is 5. The number of pyridine rings is 1. The van der Waals surface area contributed by atoms with Crippen LogP contribution < -0.4 is 10.5 Å². The van der Waals surface area contributed by atoms with Crippen molar-refractivity contribution in [1.82, 2.24) is 15.0 Å². The van der Waals surface area contributed by atoms with Crippen molar-refractivity contribution in [3.63, 3.8) is 0 Å². The summed E-state index contributed by atoms with van der Waals surface area (Å²) in [5.41, 5.74) is 8.45. The van der Waals surface area contributed by atoms with Gasteiger partial charge in [0.05, 0.1) is 12.8 Å². The average Bonchev–Trinajstić information content (AvgIpc) is 2.40. The first-order chi connectivity index (χ1) is 9.32. The second-order valence-corrected chi connectivity index (χ2v) is 5.75. The summed E-state index contributed by atoms with van der Waals surface area (Å²) in [6.45, 7) is 8.11. The lowest BCUT2D eigenvalue weighted by atomic mass is 9.95. The van der Waals surface area contributed by atoms with Crippen molar-refractivity contribution in [2.75, 3.05) is 12.8 Å². The number of anilines is 1. The Balaban J connectivity index is 2.57. The Morgan fingerprint density at radius 3 is 2.35 bits per heavy atom. The van der Waals surface area contributed by atoms with Gasteiger partial charge >= 0.3 is 0 Å². The average molecular weight is 272 g/mol. The van der Waals surface area contributed by atoms with Crippen LogP contribution in [-0.2, 0) is 5.41 Å². The summed E-state index contributed by atoms with van der Waals surface area (Å²) in [6.07, 6.45) is 1.74. The van der Waals surface area contributed by atoms with Gasteiger partial charge in [-0.25, -0.2) is 15.0 Å². The number of methoxy groups -OCH3 is 1. The molecule has 0 aromatic carbocycles. The largest absolute Gasteiger partial charge is 0.481 e. The Hall–Kier alpha value is -2.17. The maximum atomic E-state index is 6.02. The molecule has 2 aromatic heterocycles. The molecule has 0 aliphatic rings. The molecular formula is C15H20N4O. The van der Waals surface area contributed by atoms with E-state index in [4.69, 9.17) is 10.5 Å². The molecule has 0 spiro atoms. The van der Waals surface area contributed by atoms with Gasteiger partial charge < -0.3 is 10.5 Å². The minimum atomic E-state index is -0.156. The molecular weight excluding hydrogens is 252 g/mol. The van der Waals surface area contributed by atoms with Crippen molar-refractivity contribution in [1.29, 1.82) is 0 Å². The van der Waals surface area contributed by atoms with E-state index >= 15 is 0 Å². The van der Waals surface area contributed by atoms with Gasteiger partial charge in [-0.3, -0.25) is 0 Å². The number of hydrogen-bond donors (Lipinski definition) is 1. The van der Waals surface area contributed by atoms with E-state index < -0.39 is 0 Å². The summed E-state index contributed by atoms with van der Waals surface area (Å²) in [5.74, 6) is 1.81. The van der Waals surface area contributed by atoms with Crippen LogP contribution in [0, 0.1) is 6.92 Å². The number of ether oxygens (including phenoxy) is 1. The highest BCUT2D eigenvalue weighted by atomic mass is 16.5. The maximum Gasteiger partial charge on any atom is 0.212 e. The van der Waals surface area contributed by atoms with E-state index in [0.717, 1.165) is 22.6 Å². The van der Waals surface area contributed by atoms with Crippen molar-refractivity contribution in [2.24, 2.45) is 0 Å². The van der Waals surface area contributed by atoms with Gasteiger partial charge in [0.1, 0.15) is 11.6 Å². The highest BCUT2D eigenvalue weighted by molar-refractivity contribution is 5.66. The molecule has 5 heteroatoms. The molecule has 0 radical (unpaired) electrons. The molecule has 5 nitrogen and oxygen atoms in total. The van der Waals surface area contributed by atoms with Gasteiger partial charge in [-0.05, 0) is 13.0 Å². The Morgan fingerprint density at radius 1 is 1.15 bits per heavy atom. The third-order valence-electron chi connectivity index (χ3n) is 3.07. The molecule has 2 rings (SSSR count). The van der Waals surface area contributed by atoms with Crippen LogP contribution in [0.1, 0.15) is 32.2 Å². The molecule has 0 unspecified atom stereocenters. The van der Waals surface area contributed by atoms with Gasteiger partial charge in [0, 0.05) is 28.8 Å². The van der Waals surface area contributed by atoms with Crippen LogP contribution in [0.5, 0.6) is 5.88 Å². The van der Waals surface area contributed by atoms with E-state index in [0.29, 0.717) is 11.7 Å². The van der Waals surface area contributed by atoms with Crippen LogP contribution in [0.3, 0.4) is 0 Å². The molecule has 20 heavy (non-hydrogen) atoms. The second kappa shape index (κ2) is 5.07. The summed E-state index contributed by atoms with van der Waals surface area (Å²) < 4.78 is 5.07. The molecule has 0 amide bonds. The fourth-order valence-corrected chi connectivity index (χ4v) is 1.79. The van der Waals surface area contributed by atoms with Crippen molar-refractivity contribution in [2.45, 2.75) is 33.1 Å². The highest BCUT2D eigenvalue weighted by Crippen LogP contribution is 2.28. The van der Waals surface area contributed by atoms with Gasteiger partial charge in [-0.1, -0.05) is 20.8 Å². The SMILES string of the molecule is COc1ccc(-c2nc(C(C)(C)C)nc(N)c2C)cn1. The van der Waals surface area contributed by atoms with E-state index in [2.05, 4.69) is 35.7 Å². The molecule has 0 saturated heterocycles. The van der Waals surface area contributed by atoms with E-state index in [1.807, 2.05) is 19.1 Å². The zero-order valence-electron chi connectivity index (χ0n) is 12.6. The lowest BCUT2D eigenvalue weighted by Gasteiger charge is -2.19. The Morgan fingerprint density at radius 2 is 1.85 bits per heavy atom. The predicted octanol–water partition coefficient (Wildman–Crippen LogP) is 2.74. The number of nitrogen functional groups attached to an aromatic ring is 1. The Labute approximate surface area is 119 Å². The van der Waals surface area contributed by atoms with Crippen LogP contribution in [0.15, 0.2) is 18.3 Å². The smallest absolute Gasteiger partial charge is 0.212 e. The highest BCUT2D eigenvalue weighted by Gasteiger charge is 2.21. The van der Waals surface area contributed by atoms with Crippen LogP contribution in [0.4, 0.5) is 5.82 Å². The molecule has 106 valence electrons. The third-order valence-corrected chi connectivity index (χ3v) is 3.07. The minimum Gasteiger partial charge on any atom is -0.481 e. The lowest BCUT2D eigenvalue weighted by molar-refractivity contribution is 0.398. The van der Waals surface area contributed by atoms with Crippen LogP contribution >= 0.6 is 0 Å². The maximum absolute atomic E-state index is 6.02. The van der Waals surface area contributed by atoms with Crippen molar-refractivity contribution in [3.05, 3.63) is 29.7 Å². The van der Waals surface area contributed by atoms with E-state index in [9.17, 15) is 0 Å². The topological polar surface area (TPSA) is 73.9 Å². The first-order valence-corrected chi connectivity index (χ1v) is 6.48. The molecule has 0 saturated carbocycles. The molecule has 0 atom stereocenters. The van der Waals surface area contributed by atoms with E-state index in [1.54, 1.807) is 13.3 Å². The fraction of sp³-hybridized carbons (Fsp3) is 0.400. The summed E-state index contributed by atoms with van der Waals surface area (Å²) >= 11 is 0. The van der Waals surface area contributed by atoms with Gasteiger partial charge in [0.15, 0.2) is 0 Å². The third kappa shape index (κ3) is 2.71. The van der Waals surface area contributed by atoms with Gasteiger partial charge in [0.2, 0.25) is 5.88 Å². The summed E-state index contributed by atoms with van der Waals surface area (Å²) in [5, 5.41) is 0. The summed E-state index contributed by atoms with van der Waals surface area (Å²) in [7, 11) is 1.59. The number of nitrogens with zero attached hydrogens (tertiary/aromatic N) is 3. The molecule has 0 bridgehead atoms. The van der Waals surface area contributed by atoms with E-state index in [1.165, 1.54) is 0 Å². The summed E-state index contributed by atoms with van der Waals surface area (Å²) in [6, 6.07) is 3.73. The molecule has 2 N–H and O–H groups in total. The predicted molar refractivity (Wildman–Crippen MR) is 79.7 cm³/mol. The molecule has 2 heterocycles. The quantitative estimate of drug-likeness (QED) is 0.909. The first-order valence-electron chi connectivity index (χ1n) is 6.48. The minimum absolute atomic E-state index is 0.156. The van der Waals surface area contributed by atoms with Gasteiger partial charge in [-0.2, -0.15) is 0 Å². The fourth-order valence-electron chi connectivity index (χ4n) is 1.79. The Bertz CT molecular complexity index is 615. The molecule has 0 aliphatic carbocycles. The van der Waals surface area contributed by atoms with Crippen LogP contribution in [-0.4, -0.2) is 22.1 Å². The Kier molecular flexibility index (Phi) is 3.61. The van der Waals surface area contributed by atoms with E-state index in [-0.39, 0.29) is 5.41 Å². The van der Waals surface area contributed by atoms with Crippen molar-refractivity contribution >= 4 is 5.82 Å². The van der Waals surface area contributed by atoms with Crippen LogP contribution in [0.2, 0.25) is 0 Å². The number of rotatable bonds is 2. The zero-order chi connectivity index (χ0) is 14.9. The van der Waals surface area contributed by atoms with Crippen LogP contribution in [0.25, 0.3) is 11.3 Å². The molecule has 2 aromatic rings. The zero-order valence-corrected chi connectivity index (χ0v) is 12.6. The monoisotopic (exact) mass is 272 g/mol. The van der Waals surface area contributed by atoms with Gasteiger partial charge in [-0.15, -0.1) is 0 Å². The standard InChI is InChI=1S/C15H20N4O/c1-9-12(10-6-7-11(20-5)17-8-10)18-14(15(2,3)4)19-13(9)16/h6-8H,1-5H3,(H2,16,18,19). The summed E-state index contributed by atoms with van der Waals surface area (Å²) in [4.78, 5) is 13.3. The number of nitrogens with two attached hydrogens (primary N) is 1. The van der Waals surface area contributed by atoms with Gasteiger partial charge in [0.25, 0.3) is 0 Å². The van der Waals surface area contributed by atoms with Crippen molar-refractivity contribution in [3.8, 4) is 17.1 Å². The molecule has 0 aliphatic heterocycles. The number of aromatic nitrogens is 3. The lowest BCUT2D eigenvalue weighted by Crippen LogP contribution is -2.18.